The minimum Gasteiger partial charge on any atom is -0.497 e. The van der Waals surface area contributed by atoms with Crippen molar-refractivity contribution in [2.45, 2.75) is 19.4 Å². The van der Waals surface area contributed by atoms with Crippen LogP contribution in [0.25, 0.3) is 0 Å². The highest BCUT2D eigenvalue weighted by Gasteiger charge is 2.12. The molecular weight excluding hydrogens is 336 g/mol. The highest BCUT2D eigenvalue weighted by Crippen LogP contribution is 2.29. The van der Waals surface area contributed by atoms with Crippen LogP contribution in [-0.2, 0) is 0 Å². The maximum atomic E-state index is 5.45. The first-order chi connectivity index (χ1) is 12.1. The molecular formula is C19H24N2O3S. The first-order valence-corrected chi connectivity index (χ1v) is 8.45. The number of anilines is 1. The van der Waals surface area contributed by atoms with Crippen LogP contribution in [0.5, 0.6) is 17.2 Å². The lowest BCUT2D eigenvalue weighted by Crippen LogP contribution is -2.32. The van der Waals surface area contributed by atoms with E-state index in [2.05, 4.69) is 17.6 Å². The average molecular weight is 360 g/mol. The fraction of sp³-hybridized carbons (Fsp3) is 0.316. The van der Waals surface area contributed by atoms with Crippen LogP contribution >= 0.6 is 12.2 Å². The van der Waals surface area contributed by atoms with Gasteiger partial charge in [-0.15, -0.1) is 0 Å². The third-order valence-corrected chi connectivity index (χ3v) is 4.09. The van der Waals surface area contributed by atoms with Crippen molar-refractivity contribution in [3.8, 4) is 17.2 Å². The molecule has 2 aromatic rings. The average Bonchev–Trinajstić information content (AvgIpc) is 2.66. The van der Waals surface area contributed by atoms with Crippen LogP contribution in [-0.4, -0.2) is 26.4 Å². The molecule has 0 aliphatic heterocycles. The van der Waals surface area contributed by atoms with Gasteiger partial charge in [0.25, 0.3) is 0 Å². The van der Waals surface area contributed by atoms with Gasteiger partial charge in [-0.2, -0.15) is 0 Å². The van der Waals surface area contributed by atoms with Crippen molar-refractivity contribution in [3.63, 3.8) is 0 Å². The monoisotopic (exact) mass is 360 g/mol. The first-order valence-electron chi connectivity index (χ1n) is 8.04. The number of ether oxygens (including phenoxy) is 3. The van der Waals surface area contributed by atoms with Gasteiger partial charge in [0.2, 0.25) is 0 Å². The Bertz CT molecular complexity index is 704. The van der Waals surface area contributed by atoms with E-state index in [9.17, 15) is 0 Å². The quantitative estimate of drug-likeness (QED) is 0.724. The van der Waals surface area contributed by atoms with E-state index in [1.807, 2.05) is 42.5 Å². The Kier molecular flexibility index (Phi) is 6.89. The van der Waals surface area contributed by atoms with Crippen molar-refractivity contribution in [3.05, 3.63) is 48.0 Å². The zero-order valence-corrected chi connectivity index (χ0v) is 15.8. The van der Waals surface area contributed by atoms with Crippen LogP contribution in [0.2, 0.25) is 0 Å². The Hall–Kier alpha value is -2.47. The highest BCUT2D eigenvalue weighted by molar-refractivity contribution is 7.80. The number of nitrogens with one attached hydrogen (secondary N) is 2. The van der Waals surface area contributed by atoms with Gasteiger partial charge in [-0.3, -0.25) is 0 Å². The number of benzene rings is 2. The summed E-state index contributed by atoms with van der Waals surface area (Å²) in [7, 11) is 4.87. The molecule has 0 unspecified atom stereocenters. The van der Waals surface area contributed by atoms with Crippen LogP contribution in [0.1, 0.15) is 24.9 Å². The van der Waals surface area contributed by atoms with Gasteiger partial charge in [-0.1, -0.05) is 19.1 Å². The third kappa shape index (κ3) is 5.00. The van der Waals surface area contributed by atoms with Gasteiger partial charge in [-0.05, 0) is 48.5 Å². The molecule has 0 bridgehead atoms. The van der Waals surface area contributed by atoms with E-state index in [0.29, 0.717) is 16.6 Å². The zero-order chi connectivity index (χ0) is 18.2. The molecule has 6 heteroatoms. The van der Waals surface area contributed by atoms with E-state index in [1.54, 1.807) is 21.3 Å². The smallest absolute Gasteiger partial charge is 0.171 e. The molecule has 0 heterocycles. The van der Waals surface area contributed by atoms with Crippen LogP contribution in [0, 0.1) is 0 Å². The largest absolute Gasteiger partial charge is 0.497 e. The van der Waals surface area contributed by atoms with Crippen molar-refractivity contribution < 1.29 is 14.2 Å². The van der Waals surface area contributed by atoms with E-state index < -0.39 is 0 Å². The Morgan fingerprint density at radius 1 is 0.960 bits per heavy atom. The molecule has 134 valence electrons. The van der Waals surface area contributed by atoms with Crippen LogP contribution in [0.3, 0.4) is 0 Å². The van der Waals surface area contributed by atoms with E-state index in [1.165, 1.54) is 0 Å². The lowest BCUT2D eigenvalue weighted by molar-refractivity contribution is 0.355. The van der Waals surface area contributed by atoms with E-state index in [0.717, 1.165) is 23.4 Å². The van der Waals surface area contributed by atoms with Gasteiger partial charge in [0.15, 0.2) is 16.6 Å². The van der Waals surface area contributed by atoms with E-state index in [4.69, 9.17) is 26.4 Å². The summed E-state index contributed by atoms with van der Waals surface area (Å²) in [6.45, 7) is 2.11. The number of rotatable bonds is 7. The summed E-state index contributed by atoms with van der Waals surface area (Å²) in [6.07, 6.45) is 0.903. The summed E-state index contributed by atoms with van der Waals surface area (Å²) >= 11 is 5.45. The second-order valence-electron chi connectivity index (χ2n) is 5.40. The van der Waals surface area contributed by atoms with Crippen molar-refractivity contribution in [1.29, 1.82) is 0 Å². The molecule has 0 radical (unpaired) electrons. The molecule has 0 aliphatic rings. The lowest BCUT2D eigenvalue weighted by Gasteiger charge is -2.20. The minimum absolute atomic E-state index is 0.117. The first kappa shape index (κ1) is 18.9. The predicted molar refractivity (Wildman–Crippen MR) is 105 cm³/mol. The highest BCUT2D eigenvalue weighted by atomic mass is 32.1. The Labute approximate surface area is 154 Å². The SMILES string of the molecule is CC[C@H](NC(=S)Nc1ccc(OC)c(OC)c1)c1ccc(OC)cc1. The molecule has 0 aliphatic carbocycles. The Balaban J connectivity index is 2.04. The van der Waals surface area contributed by atoms with Crippen molar-refractivity contribution in [2.24, 2.45) is 0 Å². The second kappa shape index (κ2) is 9.13. The number of methoxy groups -OCH3 is 3. The third-order valence-electron chi connectivity index (χ3n) is 3.87. The molecule has 2 N–H and O–H groups in total. The van der Waals surface area contributed by atoms with E-state index >= 15 is 0 Å². The van der Waals surface area contributed by atoms with E-state index in [-0.39, 0.29) is 6.04 Å². The van der Waals surface area contributed by atoms with Crippen LogP contribution in [0.15, 0.2) is 42.5 Å². The maximum absolute atomic E-state index is 5.45. The molecule has 5 nitrogen and oxygen atoms in total. The molecule has 25 heavy (non-hydrogen) atoms. The van der Waals surface area contributed by atoms with Gasteiger partial charge in [0.05, 0.1) is 27.4 Å². The van der Waals surface area contributed by atoms with Crippen molar-refractivity contribution >= 4 is 23.0 Å². The normalized spacial score (nSPS) is 11.4. The maximum Gasteiger partial charge on any atom is 0.171 e. The minimum atomic E-state index is 0.117. The molecule has 0 amide bonds. The zero-order valence-electron chi connectivity index (χ0n) is 15.0. The van der Waals surface area contributed by atoms with Gasteiger partial charge >= 0.3 is 0 Å². The lowest BCUT2D eigenvalue weighted by atomic mass is 10.0. The molecule has 0 saturated carbocycles. The standard InChI is InChI=1S/C19H24N2O3S/c1-5-16(13-6-9-15(22-2)10-7-13)21-19(25)20-14-8-11-17(23-3)18(12-14)24-4/h6-12,16H,5H2,1-4H3,(H2,20,21,25)/t16-/m0/s1. The van der Waals surface area contributed by atoms with Gasteiger partial charge in [0.1, 0.15) is 5.75 Å². The summed E-state index contributed by atoms with van der Waals surface area (Å²) in [5.41, 5.74) is 1.99. The van der Waals surface area contributed by atoms with Crippen LogP contribution < -0.4 is 24.8 Å². The second-order valence-corrected chi connectivity index (χ2v) is 5.81. The Morgan fingerprint density at radius 2 is 1.64 bits per heavy atom. The van der Waals surface area contributed by atoms with Gasteiger partial charge in [0, 0.05) is 11.8 Å². The molecule has 1 atom stereocenters. The molecule has 0 fully saturated rings. The molecule has 0 spiro atoms. The van der Waals surface area contributed by atoms with Crippen molar-refractivity contribution in [2.75, 3.05) is 26.6 Å². The number of hydrogen-bond donors (Lipinski definition) is 2. The summed E-state index contributed by atoms with van der Waals surface area (Å²) in [5.74, 6) is 2.17. The van der Waals surface area contributed by atoms with Crippen LogP contribution in [0.4, 0.5) is 5.69 Å². The fourth-order valence-electron chi connectivity index (χ4n) is 2.50. The summed E-state index contributed by atoms with van der Waals surface area (Å²) in [4.78, 5) is 0. The molecule has 2 aromatic carbocycles. The van der Waals surface area contributed by atoms with Gasteiger partial charge < -0.3 is 24.8 Å². The topological polar surface area (TPSA) is 51.8 Å². The Morgan fingerprint density at radius 3 is 2.20 bits per heavy atom. The summed E-state index contributed by atoms with van der Waals surface area (Å²) in [6, 6.07) is 13.7. The summed E-state index contributed by atoms with van der Waals surface area (Å²) < 4.78 is 15.8. The van der Waals surface area contributed by atoms with Gasteiger partial charge in [-0.25, -0.2) is 0 Å². The predicted octanol–water partition coefficient (Wildman–Crippen LogP) is 4.15. The number of thiocarbonyl (C=S) groups is 1. The molecule has 0 saturated heterocycles. The van der Waals surface area contributed by atoms with Crippen molar-refractivity contribution in [1.82, 2.24) is 5.32 Å². The summed E-state index contributed by atoms with van der Waals surface area (Å²) in [5, 5.41) is 7.08. The molecule has 0 aromatic heterocycles. The number of hydrogen-bond acceptors (Lipinski definition) is 4. The molecule has 2 rings (SSSR count). The fourth-order valence-corrected chi connectivity index (χ4v) is 2.76.